The van der Waals surface area contributed by atoms with Crippen molar-refractivity contribution >= 4 is 39.1 Å². The molecule has 120 valence electrons. The van der Waals surface area contributed by atoms with Gasteiger partial charge < -0.3 is 4.90 Å². The molecule has 2 aromatic rings. The number of fused-ring (bicyclic) bond motifs is 1. The van der Waals surface area contributed by atoms with E-state index in [1.807, 2.05) is 31.2 Å². The summed E-state index contributed by atoms with van der Waals surface area (Å²) < 4.78 is 1.11. The van der Waals surface area contributed by atoms with Crippen molar-refractivity contribution < 1.29 is 9.59 Å². The SMILES string of the molecule is C[C@H](c1nc2ccccc2s1)N(C)C(=O)C1=NN(C)C(=O)CC1. The Morgan fingerprint density at radius 2 is 2.09 bits per heavy atom. The Hall–Kier alpha value is -2.28. The van der Waals surface area contributed by atoms with Crippen molar-refractivity contribution in [2.45, 2.75) is 25.8 Å². The summed E-state index contributed by atoms with van der Waals surface area (Å²) in [6, 6.07) is 7.78. The fourth-order valence-electron chi connectivity index (χ4n) is 2.44. The number of nitrogens with zero attached hydrogens (tertiary/aromatic N) is 4. The predicted molar refractivity (Wildman–Crippen MR) is 90.2 cm³/mol. The van der Waals surface area contributed by atoms with E-state index in [0.717, 1.165) is 15.2 Å². The first-order valence-corrected chi connectivity index (χ1v) is 8.25. The van der Waals surface area contributed by atoms with Crippen LogP contribution in [-0.4, -0.2) is 46.5 Å². The number of thiazole rings is 1. The molecular weight excluding hydrogens is 312 g/mol. The lowest BCUT2D eigenvalue weighted by molar-refractivity contribution is -0.130. The van der Waals surface area contributed by atoms with Crippen molar-refractivity contribution in [1.82, 2.24) is 14.9 Å². The summed E-state index contributed by atoms with van der Waals surface area (Å²) in [5, 5.41) is 6.23. The van der Waals surface area contributed by atoms with Crippen LogP contribution in [0.3, 0.4) is 0 Å². The van der Waals surface area contributed by atoms with E-state index in [2.05, 4.69) is 10.1 Å². The van der Waals surface area contributed by atoms with Crippen molar-refractivity contribution in [1.29, 1.82) is 0 Å². The Bertz CT molecular complexity index is 765. The van der Waals surface area contributed by atoms with Crippen LogP contribution in [0.25, 0.3) is 10.2 Å². The first-order valence-electron chi connectivity index (χ1n) is 7.44. The molecule has 0 unspecified atom stereocenters. The lowest BCUT2D eigenvalue weighted by atomic mass is 10.1. The second-order valence-corrected chi connectivity index (χ2v) is 6.64. The molecule has 2 amide bonds. The summed E-state index contributed by atoms with van der Waals surface area (Å²) in [6.07, 6.45) is 0.712. The summed E-state index contributed by atoms with van der Waals surface area (Å²) in [6.45, 7) is 1.95. The molecule has 1 atom stereocenters. The fraction of sp³-hybridized carbons (Fsp3) is 0.375. The lowest BCUT2D eigenvalue weighted by Gasteiger charge is -2.26. The molecule has 2 heterocycles. The van der Waals surface area contributed by atoms with Gasteiger partial charge in [-0.3, -0.25) is 9.59 Å². The van der Waals surface area contributed by atoms with Crippen molar-refractivity contribution in [2.24, 2.45) is 5.10 Å². The smallest absolute Gasteiger partial charge is 0.270 e. The Morgan fingerprint density at radius 1 is 1.35 bits per heavy atom. The zero-order valence-electron chi connectivity index (χ0n) is 13.3. The van der Waals surface area contributed by atoms with Crippen LogP contribution >= 0.6 is 11.3 Å². The average Bonchev–Trinajstić information content (AvgIpc) is 2.99. The van der Waals surface area contributed by atoms with Crippen LogP contribution in [0, 0.1) is 0 Å². The number of hydrogen-bond acceptors (Lipinski definition) is 5. The van der Waals surface area contributed by atoms with Crippen molar-refractivity contribution in [3.05, 3.63) is 29.3 Å². The Kier molecular flexibility index (Phi) is 4.12. The maximum absolute atomic E-state index is 12.6. The van der Waals surface area contributed by atoms with Crippen molar-refractivity contribution in [3.8, 4) is 0 Å². The number of aromatic nitrogens is 1. The fourth-order valence-corrected chi connectivity index (χ4v) is 3.50. The van der Waals surface area contributed by atoms with Gasteiger partial charge in [0.15, 0.2) is 0 Å². The molecule has 0 bridgehead atoms. The largest absolute Gasteiger partial charge is 0.331 e. The van der Waals surface area contributed by atoms with E-state index < -0.39 is 0 Å². The number of benzene rings is 1. The standard InChI is InChI=1S/C16H18N4O2S/c1-10(15-17-11-6-4-5-7-13(11)23-15)19(2)16(22)12-8-9-14(21)20(3)18-12/h4-7,10H,8-9H2,1-3H3/t10-/m1/s1. The second-order valence-electron chi connectivity index (χ2n) is 5.58. The van der Waals surface area contributed by atoms with Crippen LogP contribution in [0.5, 0.6) is 0 Å². The molecule has 0 saturated heterocycles. The molecule has 0 N–H and O–H groups in total. The van der Waals surface area contributed by atoms with Gasteiger partial charge in [0.05, 0.1) is 16.3 Å². The van der Waals surface area contributed by atoms with Crippen LogP contribution < -0.4 is 0 Å². The lowest BCUT2D eigenvalue weighted by Crippen LogP contribution is -2.39. The average molecular weight is 330 g/mol. The Balaban J connectivity index is 1.81. The quantitative estimate of drug-likeness (QED) is 0.868. The van der Waals surface area contributed by atoms with Gasteiger partial charge in [0.25, 0.3) is 5.91 Å². The number of rotatable bonds is 3. The molecule has 6 nitrogen and oxygen atoms in total. The maximum atomic E-state index is 12.6. The second kappa shape index (κ2) is 6.08. The highest BCUT2D eigenvalue weighted by Gasteiger charge is 2.28. The Labute approximate surface area is 138 Å². The van der Waals surface area contributed by atoms with Crippen LogP contribution in [0.15, 0.2) is 29.4 Å². The van der Waals surface area contributed by atoms with Gasteiger partial charge in [0, 0.05) is 26.9 Å². The third-order valence-electron chi connectivity index (χ3n) is 4.02. The van der Waals surface area contributed by atoms with Crippen LogP contribution in [0.2, 0.25) is 0 Å². The van der Waals surface area contributed by atoms with E-state index in [4.69, 9.17) is 0 Å². The predicted octanol–water partition coefficient (Wildman–Crippen LogP) is 2.42. The van der Waals surface area contributed by atoms with E-state index in [9.17, 15) is 9.59 Å². The molecule has 0 aliphatic carbocycles. The van der Waals surface area contributed by atoms with Gasteiger partial charge >= 0.3 is 0 Å². The number of hydrogen-bond donors (Lipinski definition) is 0. The first kappa shape index (κ1) is 15.6. The van der Waals surface area contributed by atoms with Gasteiger partial charge in [-0.15, -0.1) is 11.3 Å². The molecule has 1 aromatic carbocycles. The van der Waals surface area contributed by atoms with E-state index >= 15 is 0 Å². The highest BCUT2D eigenvalue weighted by Crippen LogP contribution is 2.29. The number of carbonyl (C=O) groups excluding carboxylic acids is 2. The molecule has 1 aromatic heterocycles. The Morgan fingerprint density at radius 3 is 2.78 bits per heavy atom. The molecule has 0 saturated carbocycles. The molecular formula is C16H18N4O2S. The maximum Gasteiger partial charge on any atom is 0.270 e. The molecule has 1 aliphatic rings. The minimum atomic E-state index is -0.156. The highest BCUT2D eigenvalue weighted by molar-refractivity contribution is 7.18. The highest BCUT2D eigenvalue weighted by atomic mass is 32.1. The van der Waals surface area contributed by atoms with Crippen LogP contribution in [0.4, 0.5) is 0 Å². The summed E-state index contributed by atoms with van der Waals surface area (Å²) in [5.74, 6) is -0.223. The van der Waals surface area contributed by atoms with E-state index in [0.29, 0.717) is 18.6 Å². The zero-order chi connectivity index (χ0) is 16.6. The minimum absolute atomic E-state index is 0.0663. The van der Waals surface area contributed by atoms with Gasteiger partial charge in [-0.25, -0.2) is 9.99 Å². The summed E-state index contributed by atoms with van der Waals surface area (Å²) in [4.78, 5) is 30.3. The topological polar surface area (TPSA) is 65.9 Å². The molecule has 0 fully saturated rings. The van der Waals surface area contributed by atoms with Gasteiger partial charge in [0.1, 0.15) is 10.7 Å². The minimum Gasteiger partial charge on any atom is -0.331 e. The monoisotopic (exact) mass is 330 g/mol. The third-order valence-corrected chi connectivity index (χ3v) is 5.23. The van der Waals surface area contributed by atoms with E-state index in [1.54, 1.807) is 30.3 Å². The van der Waals surface area contributed by atoms with Gasteiger partial charge in [0.2, 0.25) is 5.91 Å². The molecule has 0 radical (unpaired) electrons. The first-order chi connectivity index (χ1) is 11.0. The van der Waals surface area contributed by atoms with E-state index in [-0.39, 0.29) is 17.9 Å². The van der Waals surface area contributed by atoms with Gasteiger partial charge in [-0.1, -0.05) is 12.1 Å². The molecule has 0 spiro atoms. The van der Waals surface area contributed by atoms with Crippen LogP contribution in [0.1, 0.15) is 30.8 Å². The molecule has 1 aliphatic heterocycles. The van der Waals surface area contributed by atoms with Crippen molar-refractivity contribution in [3.63, 3.8) is 0 Å². The van der Waals surface area contributed by atoms with Gasteiger partial charge in [-0.2, -0.15) is 5.10 Å². The summed E-state index contributed by atoms with van der Waals surface area (Å²) >= 11 is 1.59. The summed E-state index contributed by atoms with van der Waals surface area (Å²) in [5.41, 5.74) is 1.36. The van der Waals surface area contributed by atoms with E-state index in [1.165, 1.54) is 5.01 Å². The number of para-hydroxylation sites is 1. The summed E-state index contributed by atoms with van der Waals surface area (Å²) in [7, 11) is 3.32. The van der Waals surface area contributed by atoms with Crippen LogP contribution in [-0.2, 0) is 9.59 Å². The zero-order valence-corrected chi connectivity index (χ0v) is 14.1. The normalized spacial score (nSPS) is 16.4. The third kappa shape index (κ3) is 2.96. The number of amides is 2. The number of carbonyl (C=O) groups is 2. The number of hydrazone groups is 1. The molecule has 23 heavy (non-hydrogen) atoms. The molecule has 7 heteroatoms. The van der Waals surface area contributed by atoms with Gasteiger partial charge in [-0.05, 0) is 19.1 Å². The molecule has 3 rings (SSSR count). The van der Waals surface area contributed by atoms with Crippen molar-refractivity contribution in [2.75, 3.05) is 14.1 Å².